The number of carbonyl (C=O) groups excluding carboxylic acids is 2. The van der Waals surface area contributed by atoms with Gasteiger partial charge in [0.05, 0.1) is 42.5 Å². The van der Waals surface area contributed by atoms with E-state index in [0.29, 0.717) is 43.7 Å². The molecule has 2 amide bonds. The van der Waals surface area contributed by atoms with Crippen LogP contribution in [0, 0.1) is 17.8 Å². The molecular formula is C48H48N2O5Si. The molecule has 4 atom stereocenters. The van der Waals surface area contributed by atoms with E-state index < -0.39 is 20.2 Å². The standard InChI is InChI=1S/C48H48N2O5Si/c1-48(2,3)56(37-20-9-5-10-21-37,38-22-11-6-12-23-38)55-31-35-30-39-45(47(53)50(46(39)52)36-18-7-4-8-19-36)40-32-54-43(44(35)40)27-26-33(41-24-15-16-28-49-41)29-34-17-13-14-25-42(34)51/h4-25,28-29,39-40,43,45,51H,26-27,30-32H2,1-3H3/b33-29-/t39-,40+,43-,45-/m1/s1. The molecule has 3 heterocycles. The molecule has 56 heavy (non-hydrogen) atoms. The maximum atomic E-state index is 14.4. The topological polar surface area (TPSA) is 89.0 Å². The zero-order valence-corrected chi connectivity index (χ0v) is 33.2. The van der Waals surface area contributed by atoms with Gasteiger partial charge in [0.2, 0.25) is 11.8 Å². The van der Waals surface area contributed by atoms with E-state index in [2.05, 4.69) is 74.3 Å². The molecule has 4 aromatic carbocycles. The summed E-state index contributed by atoms with van der Waals surface area (Å²) in [5.41, 5.74) is 5.28. The van der Waals surface area contributed by atoms with Gasteiger partial charge in [-0.25, -0.2) is 0 Å². The van der Waals surface area contributed by atoms with Crippen LogP contribution in [0.5, 0.6) is 5.75 Å². The predicted octanol–water partition coefficient (Wildman–Crippen LogP) is 8.21. The number of phenols is 1. The molecule has 2 saturated heterocycles. The summed E-state index contributed by atoms with van der Waals surface area (Å²) in [5.74, 6) is -1.36. The molecule has 0 unspecified atom stereocenters. The van der Waals surface area contributed by atoms with Gasteiger partial charge in [0.15, 0.2) is 0 Å². The fourth-order valence-corrected chi connectivity index (χ4v) is 13.9. The Labute approximate surface area is 330 Å². The average Bonchev–Trinajstić information content (AvgIpc) is 3.75. The summed E-state index contributed by atoms with van der Waals surface area (Å²) >= 11 is 0. The lowest BCUT2D eigenvalue weighted by molar-refractivity contribution is -0.122. The van der Waals surface area contributed by atoms with Gasteiger partial charge in [-0.3, -0.25) is 19.5 Å². The Morgan fingerprint density at radius 2 is 1.45 bits per heavy atom. The van der Waals surface area contributed by atoms with E-state index >= 15 is 0 Å². The normalized spacial score (nSPS) is 21.3. The number of imide groups is 1. The summed E-state index contributed by atoms with van der Waals surface area (Å²) in [4.78, 5) is 34.8. The molecule has 8 heteroatoms. The Hall–Kier alpha value is -5.41. The number of aromatic hydroxyl groups is 1. The SMILES string of the molecule is CC(C)(C)[Si](OCC1=C2[C@@H](CC/C(=C/c3ccccc3O)c3ccccn3)OC[C@@H]2[C@@H]2C(=O)N(c3ccccc3)C(=O)[C@@H]2C1)(c1ccccc1)c1ccccc1. The van der Waals surface area contributed by atoms with Crippen LogP contribution < -0.4 is 15.3 Å². The van der Waals surface area contributed by atoms with Crippen LogP contribution in [0.1, 0.15) is 51.3 Å². The number of amides is 2. The fraction of sp³-hybridized carbons (Fsp3) is 0.271. The van der Waals surface area contributed by atoms with Crippen LogP contribution in [-0.2, 0) is 18.8 Å². The second-order valence-electron chi connectivity index (χ2n) is 16.1. The summed E-state index contributed by atoms with van der Waals surface area (Å²) in [6, 6.07) is 43.6. The van der Waals surface area contributed by atoms with Crippen molar-refractivity contribution in [1.29, 1.82) is 0 Å². The van der Waals surface area contributed by atoms with Gasteiger partial charge in [-0.2, -0.15) is 0 Å². The second kappa shape index (κ2) is 15.6. The van der Waals surface area contributed by atoms with E-state index in [0.717, 1.165) is 22.4 Å². The van der Waals surface area contributed by atoms with Gasteiger partial charge in [0.1, 0.15) is 5.75 Å². The Morgan fingerprint density at radius 3 is 2.07 bits per heavy atom. The first kappa shape index (κ1) is 37.5. The quantitative estimate of drug-likeness (QED) is 0.0830. The monoisotopic (exact) mass is 760 g/mol. The number of carbonyl (C=O) groups is 2. The van der Waals surface area contributed by atoms with Crippen molar-refractivity contribution in [3.8, 4) is 5.75 Å². The minimum Gasteiger partial charge on any atom is -0.507 e. The minimum absolute atomic E-state index is 0.153. The summed E-state index contributed by atoms with van der Waals surface area (Å²) in [7, 11) is -2.94. The van der Waals surface area contributed by atoms with Crippen molar-refractivity contribution in [1.82, 2.24) is 4.98 Å². The summed E-state index contributed by atoms with van der Waals surface area (Å²) < 4.78 is 14.2. The molecule has 7 nitrogen and oxygen atoms in total. The van der Waals surface area contributed by atoms with Crippen molar-refractivity contribution < 1.29 is 23.9 Å². The molecule has 0 spiro atoms. The Morgan fingerprint density at radius 1 is 0.821 bits per heavy atom. The van der Waals surface area contributed by atoms with Crippen molar-refractivity contribution in [2.24, 2.45) is 17.8 Å². The van der Waals surface area contributed by atoms with E-state index in [1.165, 1.54) is 15.3 Å². The van der Waals surface area contributed by atoms with Crippen molar-refractivity contribution in [2.45, 2.75) is 51.2 Å². The highest BCUT2D eigenvalue weighted by molar-refractivity contribution is 6.99. The van der Waals surface area contributed by atoms with Crippen LogP contribution in [0.2, 0.25) is 5.04 Å². The number of rotatable bonds is 11. The summed E-state index contributed by atoms with van der Waals surface area (Å²) in [6.45, 7) is 7.49. The molecule has 1 aromatic heterocycles. The number of phenolic OH excluding ortho intramolecular Hbond substituents is 1. The van der Waals surface area contributed by atoms with Crippen LogP contribution >= 0.6 is 0 Å². The van der Waals surface area contributed by atoms with Gasteiger partial charge < -0.3 is 14.3 Å². The number of fused-ring (bicyclic) bond motifs is 3. The van der Waals surface area contributed by atoms with Gasteiger partial charge in [-0.1, -0.05) is 124 Å². The van der Waals surface area contributed by atoms with Crippen LogP contribution in [0.25, 0.3) is 11.6 Å². The van der Waals surface area contributed by atoms with E-state index in [-0.39, 0.29) is 34.6 Å². The molecule has 3 aliphatic rings. The number of benzene rings is 4. The predicted molar refractivity (Wildman–Crippen MR) is 224 cm³/mol. The molecule has 284 valence electrons. The first-order valence-electron chi connectivity index (χ1n) is 19.6. The lowest BCUT2D eigenvalue weighted by Crippen LogP contribution is -2.66. The number of allylic oxidation sites excluding steroid dienone is 1. The summed E-state index contributed by atoms with van der Waals surface area (Å²) in [5, 5.41) is 12.8. The molecule has 0 bridgehead atoms. The number of nitrogens with zero attached hydrogens (tertiary/aromatic N) is 2. The number of aromatic nitrogens is 1. The highest BCUT2D eigenvalue weighted by atomic mass is 28.4. The van der Waals surface area contributed by atoms with Crippen molar-refractivity contribution >= 4 is 47.8 Å². The Kier molecular flexibility index (Phi) is 10.5. The van der Waals surface area contributed by atoms with Gasteiger partial charge in [-0.05, 0) is 87.8 Å². The van der Waals surface area contributed by atoms with Gasteiger partial charge in [0, 0.05) is 17.7 Å². The van der Waals surface area contributed by atoms with Crippen LogP contribution in [0.4, 0.5) is 5.69 Å². The van der Waals surface area contributed by atoms with Crippen molar-refractivity contribution in [3.63, 3.8) is 0 Å². The molecule has 2 aliphatic heterocycles. The zero-order valence-electron chi connectivity index (χ0n) is 32.2. The lowest BCUT2D eigenvalue weighted by atomic mass is 9.69. The van der Waals surface area contributed by atoms with Crippen molar-refractivity contribution in [2.75, 3.05) is 18.1 Å². The molecule has 8 rings (SSSR count). The molecular weight excluding hydrogens is 713 g/mol. The molecule has 0 radical (unpaired) electrons. The van der Waals surface area contributed by atoms with E-state index in [1.54, 1.807) is 12.3 Å². The Balaban J connectivity index is 1.20. The Bertz CT molecular complexity index is 2210. The first-order chi connectivity index (χ1) is 27.2. The van der Waals surface area contributed by atoms with Crippen LogP contribution in [0.3, 0.4) is 0 Å². The average molecular weight is 761 g/mol. The number of hydrogen-bond donors (Lipinski definition) is 1. The number of hydrogen-bond acceptors (Lipinski definition) is 6. The van der Waals surface area contributed by atoms with Crippen LogP contribution in [-0.4, -0.2) is 49.5 Å². The van der Waals surface area contributed by atoms with Gasteiger partial charge >= 0.3 is 0 Å². The molecule has 0 saturated carbocycles. The number of pyridine rings is 1. The highest BCUT2D eigenvalue weighted by Crippen LogP contribution is 2.51. The molecule has 1 aliphatic carbocycles. The highest BCUT2D eigenvalue weighted by Gasteiger charge is 2.58. The third kappa shape index (κ3) is 6.87. The zero-order chi connectivity index (χ0) is 38.9. The molecule has 1 N–H and O–H groups in total. The second-order valence-corrected chi connectivity index (χ2v) is 20.4. The van der Waals surface area contributed by atoms with Gasteiger partial charge in [0.25, 0.3) is 8.32 Å². The van der Waals surface area contributed by atoms with E-state index in [1.807, 2.05) is 84.9 Å². The van der Waals surface area contributed by atoms with E-state index in [9.17, 15) is 14.7 Å². The molecule has 2 fully saturated rings. The van der Waals surface area contributed by atoms with Crippen molar-refractivity contribution in [3.05, 3.63) is 162 Å². The lowest BCUT2D eigenvalue weighted by Gasteiger charge is -2.44. The smallest absolute Gasteiger partial charge is 0.261 e. The minimum atomic E-state index is -2.94. The van der Waals surface area contributed by atoms with Gasteiger partial charge in [-0.15, -0.1) is 0 Å². The maximum absolute atomic E-state index is 14.4. The molecule has 5 aromatic rings. The first-order valence-corrected chi connectivity index (χ1v) is 21.5. The number of para-hydroxylation sites is 2. The number of anilines is 1. The van der Waals surface area contributed by atoms with E-state index in [4.69, 9.17) is 9.16 Å². The number of ether oxygens (including phenoxy) is 1. The third-order valence-corrected chi connectivity index (χ3v) is 16.8. The fourth-order valence-electron chi connectivity index (χ4n) is 9.30. The third-order valence-electron chi connectivity index (χ3n) is 11.8. The maximum Gasteiger partial charge on any atom is 0.261 e. The largest absolute Gasteiger partial charge is 0.507 e. The summed E-state index contributed by atoms with van der Waals surface area (Å²) in [6.07, 6.45) is 5.17. The van der Waals surface area contributed by atoms with Crippen LogP contribution in [0.15, 0.2) is 151 Å².